The number of carbonyl (C=O) groups is 2. The molecule has 0 fully saturated rings. The molecule has 1 N–H and O–H groups in total. The normalized spacial score (nSPS) is 11.0. The molecule has 0 aliphatic rings. The molecule has 0 amide bonds. The molecule has 0 aliphatic carbocycles. The van der Waals surface area contributed by atoms with Crippen molar-refractivity contribution in [1.29, 1.82) is 0 Å². The van der Waals surface area contributed by atoms with Crippen molar-refractivity contribution in [3.63, 3.8) is 0 Å². The molecule has 5 heteroatoms. The fourth-order valence-electron chi connectivity index (χ4n) is 2.72. The fraction of sp³-hybridized carbons (Fsp3) is 0.905. The van der Waals surface area contributed by atoms with Gasteiger partial charge in [-0.2, -0.15) is 11.8 Å². The Bertz CT molecular complexity index is 345. The topological polar surface area (TPSA) is 63.6 Å². The minimum Gasteiger partial charge on any atom is -0.481 e. The Balaban J connectivity index is 3.18. The zero-order valence-corrected chi connectivity index (χ0v) is 17.8. The van der Waals surface area contributed by atoms with Crippen LogP contribution in [0.5, 0.6) is 0 Å². The second kappa shape index (κ2) is 19.1. The molecule has 0 spiro atoms. The van der Waals surface area contributed by atoms with Crippen LogP contribution < -0.4 is 0 Å². The van der Waals surface area contributed by atoms with Crippen molar-refractivity contribution in [2.45, 2.75) is 97.3 Å². The number of ether oxygens (including phenoxy) is 1. The molecule has 0 aromatic rings. The van der Waals surface area contributed by atoms with E-state index in [4.69, 9.17) is 9.84 Å². The molecule has 0 unspecified atom stereocenters. The summed E-state index contributed by atoms with van der Waals surface area (Å²) in [5.41, 5.74) is 0. The Morgan fingerprint density at radius 2 is 1.35 bits per heavy atom. The molecule has 0 saturated heterocycles. The summed E-state index contributed by atoms with van der Waals surface area (Å²) in [6.07, 6.45) is 13.7. The van der Waals surface area contributed by atoms with Crippen molar-refractivity contribution in [2.75, 3.05) is 18.1 Å². The van der Waals surface area contributed by atoms with Gasteiger partial charge in [0.25, 0.3) is 0 Å². The number of carbonyl (C=O) groups excluding carboxylic acids is 1. The van der Waals surface area contributed by atoms with Crippen LogP contribution in [0, 0.1) is 5.92 Å². The van der Waals surface area contributed by atoms with E-state index in [0.717, 1.165) is 36.7 Å². The van der Waals surface area contributed by atoms with Crippen LogP contribution in [0.4, 0.5) is 0 Å². The van der Waals surface area contributed by atoms with E-state index in [9.17, 15) is 9.59 Å². The molecule has 0 aromatic carbocycles. The number of unbranched alkanes of at least 4 members (excludes halogenated alkanes) is 7. The first kappa shape index (κ1) is 25.3. The minimum absolute atomic E-state index is 0.0960. The number of hydrogen-bond donors (Lipinski definition) is 1. The maximum atomic E-state index is 11.6. The van der Waals surface area contributed by atoms with Gasteiger partial charge in [-0.1, -0.05) is 65.2 Å². The summed E-state index contributed by atoms with van der Waals surface area (Å²) >= 11 is 1.71. The first-order valence-corrected chi connectivity index (χ1v) is 11.6. The van der Waals surface area contributed by atoms with Gasteiger partial charge in [-0.25, -0.2) is 0 Å². The number of carboxylic acids is 1. The van der Waals surface area contributed by atoms with E-state index in [-0.39, 0.29) is 12.4 Å². The predicted octanol–water partition coefficient (Wildman–Crippen LogP) is 6.07. The molecular formula is C21H40O4S. The second-order valence-corrected chi connectivity index (χ2v) is 8.67. The monoisotopic (exact) mass is 388 g/mol. The number of thioether (sulfide) groups is 1. The van der Waals surface area contributed by atoms with Crippen molar-refractivity contribution in [1.82, 2.24) is 0 Å². The smallest absolute Gasteiger partial charge is 0.305 e. The minimum atomic E-state index is -0.740. The Morgan fingerprint density at radius 1 is 0.808 bits per heavy atom. The summed E-state index contributed by atoms with van der Waals surface area (Å²) in [5.74, 6) is 1.74. The summed E-state index contributed by atoms with van der Waals surface area (Å²) in [5, 5.41) is 8.53. The molecule has 0 aliphatic heterocycles. The highest BCUT2D eigenvalue weighted by Gasteiger charge is 2.03. The van der Waals surface area contributed by atoms with E-state index < -0.39 is 5.97 Å². The third-order valence-corrected chi connectivity index (χ3v) is 5.44. The van der Waals surface area contributed by atoms with E-state index in [1.54, 1.807) is 11.8 Å². The molecule has 0 saturated carbocycles. The van der Waals surface area contributed by atoms with E-state index >= 15 is 0 Å². The molecule has 0 aromatic heterocycles. The standard InChI is InChI=1S/C21H40O4S/c1-19(2)13-9-7-5-3-4-6-8-10-16-25-21(24)15-12-18-26-17-11-14-20(22)23/h19H,3-18H2,1-2H3,(H,22,23). The van der Waals surface area contributed by atoms with Gasteiger partial charge >= 0.3 is 11.9 Å². The lowest BCUT2D eigenvalue weighted by Crippen LogP contribution is -2.06. The first-order chi connectivity index (χ1) is 12.5. The number of esters is 1. The Morgan fingerprint density at radius 3 is 1.92 bits per heavy atom. The van der Waals surface area contributed by atoms with E-state index in [0.29, 0.717) is 19.4 Å². The van der Waals surface area contributed by atoms with Gasteiger partial charge < -0.3 is 9.84 Å². The maximum Gasteiger partial charge on any atom is 0.305 e. The van der Waals surface area contributed by atoms with Crippen molar-refractivity contribution >= 4 is 23.7 Å². The van der Waals surface area contributed by atoms with E-state index in [2.05, 4.69) is 13.8 Å². The van der Waals surface area contributed by atoms with Crippen LogP contribution >= 0.6 is 11.8 Å². The van der Waals surface area contributed by atoms with Crippen molar-refractivity contribution < 1.29 is 19.4 Å². The van der Waals surface area contributed by atoms with Crippen LogP contribution in [0.1, 0.15) is 97.3 Å². The molecule has 0 bridgehead atoms. The lowest BCUT2D eigenvalue weighted by Gasteiger charge is -2.06. The largest absolute Gasteiger partial charge is 0.481 e. The van der Waals surface area contributed by atoms with Gasteiger partial charge in [0.15, 0.2) is 0 Å². The van der Waals surface area contributed by atoms with E-state index in [1.165, 1.54) is 44.9 Å². The van der Waals surface area contributed by atoms with Gasteiger partial charge in [-0.3, -0.25) is 9.59 Å². The number of carboxylic acid groups (broad SMARTS) is 1. The van der Waals surface area contributed by atoms with Crippen LogP contribution in [-0.2, 0) is 14.3 Å². The third-order valence-electron chi connectivity index (χ3n) is 4.29. The third kappa shape index (κ3) is 21.3. The van der Waals surface area contributed by atoms with Gasteiger partial charge in [0.05, 0.1) is 6.61 Å². The van der Waals surface area contributed by atoms with Gasteiger partial charge in [-0.05, 0) is 36.7 Å². The second-order valence-electron chi connectivity index (χ2n) is 7.44. The lowest BCUT2D eigenvalue weighted by molar-refractivity contribution is -0.143. The lowest BCUT2D eigenvalue weighted by atomic mass is 10.0. The van der Waals surface area contributed by atoms with E-state index in [1.807, 2.05) is 0 Å². The summed E-state index contributed by atoms with van der Waals surface area (Å²) < 4.78 is 5.26. The summed E-state index contributed by atoms with van der Waals surface area (Å²) in [6, 6.07) is 0. The molecular weight excluding hydrogens is 348 g/mol. The zero-order valence-electron chi connectivity index (χ0n) is 17.0. The van der Waals surface area contributed by atoms with Crippen molar-refractivity contribution in [3.05, 3.63) is 0 Å². The Labute approximate surface area is 164 Å². The molecule has 0 atom stereocenters. The Hall–Kier alpha value is -0.710. The SMILES string of the molecule is CC(C)CCCCCCCCCCOC(=O)CCCSCCCC(=O)O. The van der Waals surface area contributed by atoms with Gasteiger partial charge in [0.2, 0.25) is 0 Å². The highest BCUT2D eigenvalue weighted by atomic mass is 32.2. The fourth-order valence-corrected chi connectivity index (χ4v) is 3.62. The molecule has 26 heavy (non-hydrogen) atoms. The number of hydrogen-bond acceptors (Lipinski definition) is 4. The predicted molar refractivity (Wildman–Crippen MR) is 111 cm³/mol. The molecule has 0 rings (SSSR count). The van der Waals surface area contributed by atoms with Crippen LogP contribution in [-0.4, -0.2) is 35.2 Å². The van der Waals surface area contributed by atoms with Crippen LogP contribution in [0.15, 0.2) is 0 Å². The number of aliphatic carboxylic acids is 1. The Kier molecular flexibility index (Phi) is 18.5. The highest BCUT2D eigenvalue weighted by molar-refractivity contribution is 7.99. The summed E-state index contributed by atoms with van der Waals surface area (Å²) in [7, 11) is 0. The summed E-state index contributed by atoms with van der Waals surface area (Å²) in [6.45, 7) is 5.13. The summed E-state index contributed by atoms with van der Waals surface area (Å²) in [4.78, 5) is 22.0. The average Bonchev–Trinajstić information content (AvgIpc) is 2.58. The molecule has 0 radical (unpaired) electrons. The van der Waals surface area contributed by atoms with Crippen LogP contribution in [0.3, 0.4) is 0 Å². The maximum absolute atomic E-state index is 11.6. The van der Waals surface area contributed by atoms with Crippen molar-refractivity contribution in [3.8, 4) is 0 Å². The van der Waals surface area contributed by atoms with Crippen LogP contribution in [0.2, 0.25) is 0 Å². The van der Waals surface area contributed by atoms with Gasteiger partial charge in [-0.15, -0.1) is 0 Å². The number of rotatable bonds is 19. The van der Waals surface area contributed by atoms with Crippen LogP contribution in [0.25, 0.3) is 0 Å². The zero-order chi connectivity index (χ0) is 19.5. The van der Waals surface area contributed by atoms with Gasteiger partial charge in [0.1, 0.15) is 0 Å². The molecule has 4 nitrogen and oxygen atoms in total. The quantitative estimate of drug-likeness (QED) is 0.215. The van der Waals surface area contributed by atoms with Crippen molar-refractivity contribution in [2.24, 2.45) is 5.92 Å². The first-order valence-electron chi connectivity index (χ1n) is 10.5. The van der Waals surface area contributed by atoms with Gasteiger partial charge in [0, 0.05) is 12.8 Å². The molecule has 154 valence electrons. The molecule has 0 heterocycles. The average molecular weight is 389 g/mol. The highest BCUT2D eigenvalue weighted by Crippen LogP contribution is 2.13.